The molecule has 3 aliphatic rings. The summed E-state index contributed by atoms with van der Waals surface area (Å²) in [5.74, 6) is -4.30. The maximum absolute atomic E-state index is 14.6. The van der Waals surface area contributed by atoms with Crippen molar-refractivity contribution >= 4 is 102 Å². The van der Waals surface area contributed by atoms with Crippen LogP contribution in [0.25, 0.3) is 16.6 Å². The van der Waals surface area contributed by atoms with Crippen molar-refractivity contribution in [2.75, 3.05) is 106 Å². The number of carboxylic acids is 1. The number of aromatic nitrogens is 6. The molecule has 9 heterocycles. The van der Waals surface area contributed by atoms with Crippen molar-refractivity contribution in [3.8, 4) is 0 Å². The Kier molecular flexibility index (Phi) is 27.8. The van der Waals surface area contributed by atoms with Gasteiger partial charge in [0.1, 0.15) is 40.5 Å². The van der Waals surface area contributed by atoms with E-state index >= 15 is 0 Å². The molecule has 0 aliphatic carbocycles. The Bertz CT molecular complexity index is 5550. The molecular weight excluding hydrogens is 1570 g/mol. The number of nitrogen functional groups attached to an aromatic ring is 1. The Morgan fingerprint density at radius 2 is 0.750 bits per heavy atom. The molecule has 0 bridgehead atoms. The number of fused-ring (bicyclic) bond motifs is 3. The molecule has 9 N–H and O–H groups in total. The van der Waals surface area contributed by atoms with E-state index < -0.39 is 57.5 Å². The highest BCUT2D eigenvalue weighted by Gasteiger charge is 2.39. The summed E-state index contributed by atoms with van der Waals surface area (Å²) < 4.78 is 102. The van der Waals surface area contributed by atoms with Crippen molar-refractivity contribution < 1.29 is 59.8 Å². The average Bonchev–Trinajstić information content (AvgIpc) is 1.63. The fourth-order valence-corrected chi connectivity index (χ4v) is 16.5. The Labute approximate surface area is 697 Å². The van der Waals surface area contributed by atoms with Gasteiger partial charge in [0.25, 0.3) is 11.8 Å². The van der Waals surface area contributed by atoms with Crippen LogP contribution < -0.4 is 47.0 Å². The number of aliphatic hydroxyl groups is 1. The monoisotopic (exact) mass is 1680 g/mol. The number of anilines is 9. The summed E-state index contributed by atoms with van der Waals surface area (Å²) >= 11 is 0. The highest BCUT2D eigenvalue weighted by Crippen LogP contribution is 2.43. The van der Waals surface area contributed by atoms with Gasteiger partial charge >= 0.3 is 5.97 Å². The summed E-state index contributed by atoms with van der Waals surface area (Å²) in [4.78, 5) is 43.7. The number of carbonyl (C=O) groups is 3. The number of pyridine rings is 3. The molecule has 0 radical (unpaired) electrons. The molecule has 3 saturated heterocycles. The van der Waals surface area contributed by atoms with Crippen LogP contribution in [-0.2, 0) is 8.85 Å². The molecule has 6 aromatic carbocycles. The number of carbonyl (C=O) groups excluding carboxylic acids is 2. The fourth-order valence-electron chi connectivity index (χ4n) is 14.4. The number of halogens is 6. The van der Waals surface area contributed by atoms with Crippen LogP contribution in [0, 0.1) is 34.9 Å². The summed E-state index contributed by atoms with van der Waals surface area (Å²) in [5, 5.41) is 46.9. The number of nitrogens with one attached hydrogen (secondary N) is 5. The van der Waals surface area contributed by atoms with E-state index in [0.717, 1.165) is 96.5 Å². The van der Waals surface area contributed by atoms with Crippen molar-refractivity contribution in [3.63, 3.8) is 0 Å². The molecular formula is C90H105F6N15O7Si2. The zero-order chi connectivity index (χ0) is 85.8. The number of amides is 2. The molecule has 0 spiro atoms. The first kappa shape index (κ1) is 87.6. The SMILES string of the molecule is CC(C)(C)[Si](C)(C)OCCNc1ccc(N)cc1.CC(C)(C)[Si](C)(C)OCCNc1ccc(NC(=O)c2cnn3ccc(N4CCC[C@@H]4c4cc(F)ccc4F)cc23)cc1.O=C(Nc1ccc(NCCO)cc1)c1cnn2ccc(N3CCC[C@@H]3c3cc(F)ccc3F)cc12.O=C(O)c1cnn2ccc(N3CCC[C@@H]3c3cc(F)ccc3F)cc12. The van der Waals surface area contributed by atoms with E-state index in [0.29, 0.717) is 114 Å². The number of rotatable bonds is 24. The predicted octanol–water partition coefficient (Wildman–Crippen LogP) is 19.6. The number of aromatic carboxylic acids is 1. The van der Waals surface area contributed by atoms with E-state index in [9.17, 15) is 45.8 Å². The van der Waals surface area contributed by atoms with Gasteiger partial charge in [0.2, 0.25) is 0 Å². The molecule has 15 rings (SSSR count). The second-order valence-electron chi connectivity index (χ2n) is 33.1. The number of aliphatic hydroxyl groups excluding tert-OH is 1. The highest BCUT2D eigenvalue weighted by molar-refractivity contribution is 6.74. The lowest BCUT2D eigenvalue weighted by molar-refractivity contribution is 0.0698. The van der Waals surface area contributed by atoms with Crippen LogP contribution in [0.5, 0.6) is 0 Å². The molecule has 632 valence electrons. The molecule has 0 unspecified atom stereocenters. The zero-order valence-electron chi connectivity index (χ0n) is 69.2. The van der Waals surface area contributed by atoms with Gasteiger partial charge in [-0.25, -0.2) is 44.7 Å². The fraction of sp³-hybridized carbons (Fsp3) is 0.333. The van der Waals surface area contributed by atoms with Gasteiger partial charge in [-0.05, 0) is 239 Å². The average molecular weight is 1680 g/mol. The van der Waals surface area contributed by atoms with Gasteiger partial charge in [0.05, 0.1) is 84.2 Å². The molecule has 6 aromatic heterocycles. The topological polar surface area (TPSA) is 258 Å². The number of carboxylic acid groups (broad SMARTS) is 1. The smallest absolute Gasteiger partial charge is 0.339 e. The number of hydrogen-bond acceptors (Lipinski definition) is 16. The summed E-state index contributed by atoms with van der Waals surface area (Å²) in [6, 6.07) is 43.3. The van der Waals surface area contributed by atoms with Gasteiger partial charge in [-0.3, -0.25) is 9.59 Å². The van der Waals surface area contributed by atoms with Crippen molar-refractivity contribution in [3.05, 3.63) is 269 Å². The van der Waals surface area contributed by atoms with Crippen molar-refractivity contribution in [1.82, 2.24) is 28.8 Å². The van der Waals surface area contributed by atoms with Crippen molar-refractivity contribution in [2.24, 2.45) is 0 Å². The van der Waals surface area contributed by atoms with E-state index in [1.54, 1.807) is 58.1 Å². The number of hydrogen-bond donors (Lipinski definition) is 8. The van der Waals surface area contributed by atoms with Gasteiger partial charge in [0, 0.05) is 126 Å². The first-order chi connectivity index (χ1) is 57.2. The molecule has 2 amide bonds. The number of benzene rings is 6. The van der Waals surface area contributed by atoms with Gasteiger partial charge < -0.3 is 66.1 Å². The number of nitrogens with two attached hydrogens (primary N) is 1. The third-order valence-electron chi connectivity index (χ3n) is 23.0. The maximum Gasteiger partial charge on any atom is 0.339 e. The first-order valence-corrected chi connectivity index (χ1v) is 46.1. The normalized spacial score (nSPS) is 15.5. The van der Waals surface area contributed by atoms with Crippen LogP contribution >= 0.6 is 0 Å². The largest absolute Gasteiger partial charge is 0.478 e. The lowest BCUT2D eigenvalue weighted by Crippen LogP contribution is -2.41. The third-order valence-corrected chi connectivity index (χ3v) is 32.1. The molecule has 30 heteroatoms. The third kappa shape index (κ3) is 21.3. The summed E-state index contributed by atoms with van der Waals surface area (Å²) in [7, 11) is -3.39. The van der Waals surface area contributed by atoms with Gasteiger partial charge in [-0.1, -0.05) is 41.5 Å². The summed E-state index contributed by atoms with van der Waals surface area (Å²) in [6.45, 7) is 28.0. The van der Waals surface area contributed by atoms with E-state index in [1.807, 2.05) is 94.7 Å². The second kappa shape index (κ2) is 38.1. The van der Waals surface area contributed by atoms with Gasteiger partial charge in [0.15, 0.2) is 16.6 Å². The molecule has 0 saturated carbocycles. The van der Waals surface area contributed by atoms with Gasteiger partial charge in [-0.2, -0.15) is 15.3 Å². The van der Waals surface area contributed by atoms with Crippen LogP contribution in [0.2, 0.25) is 36.3 Å². The lowest BCUT2D eigenvalue weighted by atomic mass is 10.0. The molecule has 12 aromatic rings. The zero-order valence-corrected chi connectivity index (χ0v) is 71.2. The molecule has 3 fully saturated rings. The standard InChI is InChI=1S/C32H39F2N5O2Si.C26H25F2N5O2.C18H15F2N3O2.C14H26N2OSi/c1-32(2,3)42(4,5)41-18-15-35-23-9-11-24(12-10-23)37-31(40)27-21-36-39-17-14-25(20-30(27)39)38-16-6-7-29(38)26-19-22(33)8-13-28(26)34;27-17-3-8-23(28)21(14-17)24-2-1-11-32(24)20-9-12-33-25(15-20)22(16-30-33)26(35)31-19-6-4-18(5-7-19)29-10-13-34;19-11-3-4-15(20)13(8-11)16-2-1-6-22(16)12-5-7-23-17(9-12)14(10-21-23)18(24)25;1-14(2,3)18(4,5)17-11-10-16-13-8-6-12(15)7-9-13/h8-14,17,19-21,29,35H,6-7,15-16,18H2,1-5H3,(H,37,40);3-9,12,14-16,24,29,34H,1-2,10-11,13H2,(H,31,35);3-5,7-10,16H,1-2,6H2,(H,24,25);6-9,16H,10-11,15H2,1-5H3/t29-;24-;16-;/m111./s1. The van der Waals surface area contributed by atoms with E-state index in [1.165, 1.54) is 47.2 Å². The van der Waals surface area contributed by atoms with Crippen LogP contribution in [0.1, 0.15) is 146 Å². The lowest BCUT2D eigenvalue weighted by Gasteiger charge is -2.36. The summed E-state index contributed by atoms with van der Waals surface area (Å²) in [6.07, 6.45) is 14.3. The van der Waals surface area contributed by atoms with Crippen molar-refractivity contribution in [2.45, 2.75) is 134 Å². The number of nitrogens with zero attached hydrogens (tertiary/aromatic N) is 9. The van der Waals surface area contributed by atoms with E-state index in [2.05, 4.69) is 115 Å². The second-order valence-corrected chi connectivity index (χ2v) is 42.7. The predicted molar refractivity (Wildman–Crippen MR) is 468 cm³/mol. The minimum atomic E-state index is -1.78. The minimum absolute atomic E-state index is 0.0323. The van der Waals surface area contributed by atoms with Crippen LogP contribution in [0.15, 0.2) is 201 Å². The van der Waals surface area contributed by atoms with Gasteiger partial charge in [-0.15, -0.1) is 0 Å². The molecule has 120 heavy (non-hydrogen) atoms. The van der Waals surface area contributed by atoms with Crippen LogP contribution in [0.3, 0.4) is 0 Å². The van der Waals surface area contributed by atoms with Crippen molar-refractivity contribution in [1.29, 1.82) is 0 Å². The molecule has 3 aliphatic heterocycles. The summed E-state index contributed by atoms with van der Waals surface area (Å²) in [5.41, 5.74) is 16.7. The molecule has 3 atom stereocenters. The molecule has 22 nitrogen and oxygen atoms in total. The Hall–Kier alpha value is -11.7. The quantitative estimate of drug-likeness (QED) is 0.0121. The van der Waals surface area contributed by atoms with Crippen LogP contribution in [-0.4, -0.2) is 133 Å². The van der Waals surface area contributed by atoms with Crippen LogP contribution in [0.4, 0.5) is 77.5 Å². The minimum Gasteiger partial charge on any atom is -0.478 e. The first-order valence-electron chi connectivity index (χ1n) is 40.3. The highest BCUT2D eigenvalue weighted by atomic mass is 28.4. The van der Waals surface area contributed by atoms with E-state index in [4.69, 9.17) is 19.7 Å². The Morgan fingerprint density at radius 3 is 1.07 bits per heavy atom. The van der Waals surface area contributed by atoms with E-state index in [-0.39, 0.29) is 52.2 Å². The Morgan fingerprint density at radius 1 is 0.442 bits per heavy atom. The Balaban J connectivity index is 0.000000153. The maximum atomic E-state index is 14.6.